The van der Waals surface area contributed by atoms with Gasteiger partial charge in [0.2, 0.25) is 11.7 Å². The van der Waals surface area contributed by atoms with Gasteiger partial charge in [-0.25, -0.2) is 4.98 Å². The van der Waals surface area contributed by atoms with Gasteiger partial charge in [-0.3, -0.25) is 14.9 Å². The lowest BCUT2D eigenvalue weighted by Gasteiger charge is -2.17. The van der Waals surface area contributed by atoms with Crippen molar-refractivity contribution in [2.45, 2.75) is 12.8 Å². The molecule has 8 nitrogen and oxygen atoms in total. The maximum Gasteiger partial charge on any atom is 0.329 e. The molecule has 20 heavy (non-hydrogen) atoms. The molecule has 0 atom stereocenters. The smallest absolute Gasteiger partial charge is 0.329 e. The summed E-state index contributed by atoms with van der Waals surface area (Å²) in [5.74, 6) is 0.0394. The Bertz CT molecular complexity index is 553. The van der Waals surface area contributed by atoms with Crippen LogP contribution in [0.25, 0.3) is 0 Å². The number of nitrogens with one attached hydrogen (secondary N) is 1. The van der Waals surface area contributed by atoms with Crippen LogP contribution in [0.1, 0.15) is 18.4 Å². The summed E-state index contributed by atoms with van der Waals surface area (Å²) in [6.45, 7) is 0.427. The summed E-state index contributed by atoms with van der Waals surface area (Å²) >= 11 is 0. The molecule has 1 amide bonds. The summed E-state index contributed by atoms with van der Waals surface area (Å²) in [6.07, 6.45) is 2.22. The number of anilines is 1. The number of carbonyl (C=O) groups is 1. The highest BCUT2D eigenvalue weighted by Crippen LogP contribution is 2.28. The van der Waals surface area contributed by atoms with Crippen LogP contribution in [0.5, 0.6) is 0 Å². The third-order valence-electron chi connectivity index (χ3n) is 2.75. The Labute approximate surface area is 116 Å². The molecule has 1 aromatic heterocycles. The number of amides is 1. The Balaban J connectivity index is 2.88. The molecule has 1 N–H and O–H groups in total. The van der Waals surface area contributed by atoms with E-state index >= 15 is 0 Å². The normalized spacial score (nSPS) is 9.65. The van der Waals surface area contributed by atoms with Crippen molar-refractivity contribution in [3.63, 3.8) is 0 Å². The zero-order valence-electron chi connectivity index (χ0n) is 11.3. The predicted molar refractivity (Wildman–Crippen MR) is 72.2 cm³/mol. The average molecular weight is 277 g/mol. The van der Waals surface area contributed by atoms with Gasteiger partial charge >= 0.3 is 5.69 Å². The van der Waals surface area contributed by atoms with E-state index in [0.717, 1.165) is 0 Å². The molecule has 0 aromatic carbocycles. The van der Waals surface area contributed by atoms with E-state index in [1.165, 1.54) is 12.3 Å². The molecule has 1 aromatic rings. The first kappa shape index (κ1) is 15.4. The first-order valence-corrected chi connectivity index (χ1v) is 5.96. The molecule has 106 valence electrons. The maximum absolute atomic E-state index is 11.1. The molecule has 1 heterocycles. The Hall–Kier alpha value is -2.69. The molecule has 0 aliphatic heterocycles. The predicted octanol–water partition coefficient (Wildman–Crippen LogP) is 0.824. The van der Waals surface area contributed by atoms with Gasteiger partial charge in [0.15, 0.2) is 0 Å². The second-order valence-corrected chi connectivity index (χ2v) is 4.10. The van der Waals surface area contributed by atoms with Crippen molar-refractivity contribution in [3.05, 3.63) is 27.9 Å². The molecule has 0 bridgehead atoms. The van der Waals surface area contributed by atoms with E-state index in [1.54, 1.807) is 25.1 Å². The van der Waals surface area contributed by atoms with E-state index in [-0.39, 0.29) is 23.0 Å². The summed E-state index contributed by atoms with van der Waals surface area (Å²) in [5.41, 5.74) is -0.337. The molecule has 0 unspecified atom stereocenters. The zero-order chi connectivity index (χ0) is 15.1. The van der Waals surface area contributed by atoms with Crippen molar-refractivity contribution < 1.29 is 9.72 Å². The summed E-state index contributed by atoms with van der Waals surface area (Å²) in [7, 11) is 3.19. The fourth-order valence-corrected chi connectivity index (χ4v) is 1.70. The summed E-state index contributed by atoms with van der Waals surface area (Å²) in [6, 6.07) is 3.09. The van der Waals surface area contributed by atoms with Gasteiger partial charge in [0.1, 0.15) is 11.6 Å². The third-order valence-corrected chi connectivity index (χ3v) is 2.75. The van der Waals surface area contributed by atoms with E-state index in [1.807, 2.05) is 0 Å². The fourth-order valence-electron chi connectivity index (χ4n) is 1.70. The van der Waals surface area contributed by atoms with Crippen molar-refractivity contribution in [3.8, 4) is 6.07 Å². The van der Waals surface area contributed by atoms with Gasteiger partial charge in [-0.15, -0.1) is 0 Å². The Morgan fingerprint density at radius 2 is 2.35 bits per heavy atom. The minimum atomic E-state index is -0.615. The molecule has 0 saturated heterocycles. The molecule has 8 heteroatoms. The summed E-state index contributed by atoms with van der Waals surface area (Å²) in [5, 5.41) is 22.5. The van der Waals surface area contributed by atoms with Crippen molar-refractivity contribution >= 4 is 17.4 Å². The van der Waals surface area contributed by atoms with Gasteiger partial charge in [-0.2, -0.15) is 5.26 Å². The minimum Gasteiger partial charge on any atom is -0.359 e. The van der Waals surface area contributed by atoms with Crippen molar-refractivity contribution in [2.24, 2.45) is 0 Å². The number of rotatable bonds is 6. The van der Waals surface area contributed by atoms with E-state index in [2.05, 4.69) is 10.3 Å². The number of nitro groups is 1. The number of aromatic nitrogens is 1. The average Bonchev–Trinajstić information content (AvgIpc) is 2.45. The lowest BCUT2D eigenvalue weighted by Crippen LogP contribution is -2.24. The van der Waals surface area contributed by atoms with Crippen LogP contribution < -0.4 is 10.2 Å². The van der Waals surface area contributed by atoms with Crippen LogP contribution in [0.4, 0.5) is 11.5 Å². The van der Waals surface area contributed by atoms with Gasteiger partial charge in [0.25, 0.3) is 0 Å². The van der Waals surface area contributed by atoms with Crippen LogP contribution in [-0.4, -0.2) is 36.5 Å². The minimum absolute atomic E-state index is 0.0295. The molecule has 0 aliphatic carbocycles. The quantitative estimate of drug-likeness (QED) is 0.608. The molecule has 1 rings (SSSR count). The largest absolute Gasteiger partial charge is 0.359 e. The summed E-state index contributed by atoms with van der Waals surface area (Å²) in [4.78, 5) is 27.1. The number of nitrogens with zero attached hydrogens (tertiary/aromatic N) is 4. The van der Waals surface area contributed by atoms with Crippen LogP contribution in [0.15, 0.2) is 12.3 Å². The lowest BCUT2D eigenvalue weighted by atomic mass is 10.2. The molecular weight excluding hydrogens is 262 g/mol. The van der Waals surface area contributed by atoms with Crippen LogP contribution in [0.2, 0.25) is 0 Å². The summed E-state index contributed by atoms with van der Waals surface area (Å²) < 4.78 is 0. The van der Waals surface area contributed by atoms with Gasteiger partial charge < -0.3 is 10.2 Å². The van der Waals surface area contributed by atoms with E-state index in [0.29, 0.717) is 19.4 Å². The number of hydrogen-bond acceptors (Lipinski definition) is 6. The Kier molecular flexibility index (Phi) is 5.41. The van der Waals surface area contributed by atoms with Gasteiger partial charge in [0.05, 0.1) is 4.92 Å². The first-order valence-electron chi connectivity index (χ1n) is 5.96. The maximum atomic E-state index is 11.1. The second kappa shape index (κ2) is 7.04. The van der Waals surface area contributed by atoms with E-state index in [9.17, 15) is 14.9 Å². The van der Waals surface area contributed by atoms with E-state index < -0.39 is 4.92 Å². The van der Waals surface area contributed by atoms with Crippen LogP contribution in [-0.2, 0) is 4.79 Å². The number of hydrogen-bond donors (Lipinski definition) is 1. The Morgan fingerprint density at radius 3 is 2.90 bits per heavy atom. The zero-order valence-corrected chi connectivity index (χ0v) is 11.3. The van der Waals surface area contributed by atoms with Gasteiger partial charge in [0, 0.05) is 33.3 Å². The SMILES string of the molecule is CNC(=O)CCCN(C)c1nccc(C#N)c1[N+](=O)[O-]. The highest BCUT2D eigenvalue weighted by atomic mass is 16.6. The molecule has 0 saturated carbocycles. The molecular formula is C12H15N5O3. The highest BCUT2D eigenvalue weighted by molar-refractivity contribution is 5.75. The van der Waals surface area contributed by atoms with Crippen LogP contribution in [0.3, 0.4) is 0 Å². The van der Waals surface area contributed by atoms with Crippen molar-refractivity contribution in [1.29, 1.82) is 5.26 Å². The molecule has 0 fully saturated rings. The fraction of sp³-hybridized carbons (Fsp3) is 0.417. The molecule has 0 aliphatic rings. The Morgan fingerprint density at radius 1 is 1.65 bits per heavy atom. The van der Waals surface area contributed by atoms with Crippen molar-refractivity contribution in [1.82, 2.24) is 10.3 Å². The van der Waals surface area contributed by atoms with Gasteiger partial charge in [-0.05, 0) is 12.5 Å². The topological polar surface area (TPSA) is 112 Å². The second-order valence-electron chi connectivity index (χ2n) is 4.10. The lowest BCUT2D eigenvalue weighted by molar-refractivity contribution is -0.384. The number of carbonyl (C=O) groups excluding carboxylic acids is 1. The van der Waals surface area contributed by atoms with Gasteiger partial charge in [-0.1, -0.05) is 0 Å². The number of nitriles is 1. The third kappa shape index (κ3) is 3.65. The standard InChI is InChI=1S/C12H15N5O3/c1-14-10(18)4-3-7-16(2)12-11(17(19)20)9(8-13)5-6-15-12/h5-6H,3-4,7H2,1-2H3,(H,14,18). The van der Waals surface area contributed by atoms with Crippen molar-refractivity contribution in [2.75, 3.05) is 25.5 Å². The molecule has 0 radical (unpaired) electrons. The number of pyridine rings is 1. The van der Waals surface area contributed by atoms with E-state index in [4.69, 9.17) is 5.26 Å². The highest BCUT2D eigenvalue weighted by Gasteiger charge is 2.23. The monoisotopic (exact) mass is 277 g/mol. The van der Waals surface area contributed by atoms with Crippen LogP contribution >= 0.6 is 0 Å². The first-order chi connectivity index (χ1) is 9.51. The van der Waals surface area contributed by atoms with Crippen LogP contribution in [0, 0.1) is 21.4 Å². The molecule has 0 spiro atoms.